The van der Waals surface area contributed by atoms with Crippen LogP contribution in [0, 0.1) is 13.8 Å². The molecule has 0 unspecified atom stereocenters. The summed E-state index contributed by atoms with van der Waals surface area (Å²) in [6.45, 7) is 5.95. The third kappa shape index (κ3) is 6.79. The number of nitrogens with zero attached hydrogens (tertiary/aromatic N) is 2. The highest BCUT2D eigenvalue weighted by Gasteiger charge is 2.11. The average Bonchev–Trinajstić information content (AvgIpc) is 3.23. The van der Waals surface area contributed by atoms with Crippen molar-refractivity contribution in [3.63, 3.8) is 0 Å². The molecule has 0 aliphatic heterocycles. The highest BCUT2D eigenvalue weighted by molar-refractivity contribution is 6.32. The molecule has 188 valence electrons. The fraction of sp³-hybridized carbons (Fsp3) is 0.310. The van der Waals surface area contributed by atoms with E-state index in [1.807, 2.05) is 74.5 Å². The molecule has 0 spiro atoms. The molecule has 4 rings (SSSR count). The standard InChI is InChI=1S/C29H32ClN3O3/c1-21-18-24(19-22(2)29(21)30)35-17-9-8-16-33-26-13-7-6-12-25(26)32-27(33)14-15-31-28(34)20-36-23-10-4-3-5-11-23/h3-7,10-13,18-19H,8-9,14-17,20H2,1-2H3,(H,31,34). The molecule has 0 aliphatic rings. The van der Waals surface area contributed by atoms with Gasteiger partial charge in [0.15, 0.2) is 6.61 Å². The highest BCUT2D eigenvalue weighted by Crippen LogP contribution is 2.26. The Morgan fingerprint density at radius 3 is 2.44 bits per heavy atom. The zero-order valence-corrected chi connectivity index (χ0v) is 21.6. The first-order valence-electron chi connectivity index (χ1n) is 12.3. The van der Waals surface area contributed by atoms with Crippen LogP contribution in [0.3, 0.4) is 0 Å². The molecule has 4 aromatic rings. The molecule has 0 fully saturated rings. The van der Waals surface area contributed by atoms with Crippen LogP contribution in [0.5, 0.6) is 11.5 Å². The van der Waals surface area contributed by atoms with E-state index in [-0.39, 0.29) is 12.5 Å². The number of benzene rings is 3. The van der Waals surface area contributed by atoms with Crippen molar-refractivity contribution < 1.29 is 14.3 Å². The number of fused-ring (bicyclic) bond motifs is 1. The monoisotopic (exact) mass is 505 g/mol. The first-order valence-corrected chi connectivity index (χ1v) is 12.7. The van der Waals surface area contributed by atoms with E-state index in [1.54, 1.807) is 0 Å². The van der Waals surface area contributed by atoms with Crippen LogP contribution in [0.4, 0.5) is 0 Å². The van der Waals surface area contributed by atoms with Gasteiger partial charge in [-0.2, -0.15) is 0 Å². The number of hydrogen-bond acceptors (Lipinski definition) is 4. The summed E-state index contributed by atoms with van der Waals surface area (Å²) in [6, 6.07) is 21.4. The van der Waals surface area contributed by atoms with Gasteiger partial charge in [-0.05, 0) is 74.2 Å². The Labute approximate surface area is 217 Å². The first-order chi connectivity index (χ1) is 17.5. The third-order valence-corrected chi connectivity index (χ3v) is 6.57. The molecule has 36 heavy (non-hydrogen) atoms. The van der Waals surface area contributed by atoms with Crippen LogP contribution in [-0.4, -0.2) is 35.2 Å². The lowest BCUT2D eigenvalue weighted by molar-refractivity contribution is -0.123. The number of aryl methyl sites for hydroxylation is 3. The van der Waals surface area contributed by atoms with Gasteiger partial charge < -0.3 is 19.4 Å². The fourth-order valence-corrected chi connectivity index (χ4v) is 4.26. The zero-order chi connectivity index (χ0) is 25.3. The van der Waals surface area contributed by atoms with Crippen molar-refractivity contribution in [2.24, 2.45) is 0 Å². The van der Waals surface area contributed by atoms with Crippen molar-refractivity contribution in [1.29, 1.82) is 0 Å². The SMILES string of the molecule is Cc1cc(OCCCCn2c(CCNC(=O)COc3ccccc3)nc3ccccc32)cc(C)c1Cl. The smallest absolute Gasteiger partial charge is 0.257 e. The molecule has 6 nitrogen and oxygen atoms in total. The quantitative estimate of drug-likeness (QED) is 0.243. The summed E-state index contributed by atoms with van der Waals surface area (Å²) in [5.74, 6) is 2.35. The Morgan fingerprint density at radius 1 is 0.944 bits per heavy atom. The topological polar surface area (TPSA) is 65.4 Å². The minimum Gasteiger partial charge on any atom is -0.494 e. The van der Waals surface area contributed by atoms with Crippen molar-refractivity contribution >= 4 is 28.5 Å². The van der Waals surface area contributed by atoms with Crippen molar-refractivity contribution in [2.45, 2.75) is 39.7 Å². The van der Waals surface area contributed by atoms with Crippen LogP contribution in [0.2, 0.25) is 5.02 Å². The minimum absolute atomic E-state index is 0.00685. The molecule has 1 heterocycles. The van der Waals surface area contributed by atoms with Crippen LogP contribution in [0.25, 0.3) is 11.0 Å². The summed E-state index contributed by atoms with van der Waals surface area (Å²) >= 11 is 6.25. The summed E-state index contributed by atoms with van der Waals surface area (Å²) < 4.78 is 13.7. The molecule has 3 aromatic carbocycles. The average molecular weight is 506 g/mol. The number of imidazole rings is 1. The van der Waals surface area contributed by atoms with Crippen molar-refractivity contribution in [1.82, 2.24) is 14.9 Å². The summed E-state index contributed by atoms with van der Waals surface area (Å²) in [5, 5.41) is 3.73. The Hall–Kier alpha value is -3.51. The highest BCUT2D eigenvalue weighted by atomic mass is 35.5. The molecule has 0 bridgehead atoms. The minimum atomic E-state index is -0.147. The number of halogens is 1. The molecule has 0 saturated heterocycles. The maximum atomic E-state index is 12.2. The Morgan fingerprint density at radius 2 is 1.67 bits per heavy atom. The molecule has 1 amide bonds. The van der Waals surface area contributed by atoms with E-state index in [4.69, 9.17) is 26.1 Å². The lowest BCUT2D eigenvalue weighted by Crippen LogP contribution is -2.31. The van der Waals surface area contributed by atoms with E-state index in [9.17, 15) is 4.79 Å². The predicted octanol–water partition coefficient (Wildman–Crippen LogP) is 5.90. The zero-order valence-electron chi connectivity index (χ0n) is 20.8. The van der Waals surface area contributed by atoms with Crippen molar-refractivity contribution in [3.8, 4) is 11.5 Å². The van der Waals surface area contributed by atoms with Gasteiger partial charge in [-0.1, -0.05) is 41.9 Å². The number of nitrogens with one attached hydrogen (secondary N) is 1. The summed E-state index contributed by atoms with van der Waals surface area (Å²) in [4.78, 5) is 17.0. The molecule has 1 N–H and O–H groups in total. The lowest BCUT2D eigenvalue weighted by atomic mass is 10.1. The number of ether oxygens (including phenoxy) is 2. The van der Waals surface area contributed by atoms with E-state index in [1.165, 1.54) is 0 Å². The van der Waals surface area contributed by atoms with E-state index in [0.29, 0.717) is 25.3 Å². The van der Waals surface area contributed by atoms with Gasteiger partial charge in [-0.25, -0.2) is 4.98 Å². The van der Waals surface area contributed by atoms with Gasteiger partial charge in [0.05, 0.1) is 17.6 Å². The van der Waals surface area contributed by atoms with Crippen LogP contribution < -0.4 is 14.8 Å². The molecule has 7 heteroatoms. The Bertz CT molecular complexity index is 1280. The molecular formula is C29H32ClN3O3. The van der Waals surface area contributed by atoms with Gasteiger partial charge in [0.2, 0.25) is 0 Å². The Kier molecular flexibility index (Phi) is 8.85. The number of para-hydroxylation sites is 3. The molecular weight excluding hydrogens is 474 g/mol. The van der Waals surface area contributed by atoms with Crippen molar-refractivity contribution in [2.75, 3.05) is 19.8 Å². The van der Waals surface area contributed by atoms with Gasteiger partial charge in [0.1, 0.15) is 17.3 Å². The fourth-order valence-electron chi connectivity index (χ4n) is 4.15. The second-order valence-corrected chi connectivity index (χ2v) is 9.17. The maximum Gasteiger partial charge on any atom is 0.257 e. The maximum absolute atomic E-state index is 12.2. The third-order valence-electron chi connectivity index (χ3n) is 5.97. The summed E-state index contributed by atoms with van der Waals surface area (Å²) in [5.41, 5.74) is 4.13. The van der Waals surface area contributed by atoms with Crippen LogP contribution in [0.15, 0.2) is 66.7 Å². The molecule has 0 saturated carbocycles. The number of unbranched alkanes of at least 4 members (excludes halogenated alkanes) is 1. The molecule has 1 aromatic heterocycles. The number of rotatable bonds is 12. The van der Waals surface area contributed by atoms with E-state index >= 15 is 0 Å². The van der Waals surface area contributed by atoms with E-state index < -0.39 is 0 Å². The van der Waals surface area contributed by atoms with Crippen LogP contribution in [-0.2, 0) is 17.8 Å². The number of carbonyl (C=O) groups excluding carboxylic acids is 1. The van der Waals surface area contributed by atoms with Gasteiger partial charge in [-0.3, -0.25) is 4.79 Å². The first kappa shape index (κ1) is 25.6. The Balaban J connectivity index is 1.27. The number of aromatic nitrogens is 2. The van der Waals surface area contributed by atoms with Crippen LogP contribution in [0.1, 0.15) is 29.8 Å². The lowest BCUT2D eigenvalue weighted by Gasteiger charge is -2.12. The summed E-state index contributed by atoms with van der Waals surface area (Å²) in [7, 11) is 0. The van der Waals surface area contributed by atoms with Crippen molar-refractivity contribution in [3.05, 3.63) is 88.7 Å². The normalized spacial score (nSPS) is 11.0. The predicted molar refractivity (Wildman–Crippen MR) is 144 cm³/mol. The molecule has 0 atom stereocenters. The van der Waals surface area contributed by atoms with Gasteiger partial charge >= 0.3 is 0 Å². The van der Waals surface area contributed by atoms with E-state index in [0.717, 1.165) is 58.1 Å². The van der Waals surface area contributed by atoms with E-state index in [2.05, 4.69) is 16.0 Å². The van der Waals surface area contributed by atoms with Gasteiger partial charge in [0.25, 0.3) is 5.91 Å². The summed E-state index contributed by atoms with van der Waals surface area (Å²) in [6.07, 6.45) is 2.52. The van der Waals surface area contributed by atoms with Crippen LogP contribution >= 0.6 is 11.6 Å². The number of amides is 1. The largest absolute Gasteiger partial charge is 0.494 e. The number of carbonyl (C=O) groups is 1. The van der Waals surface area contributed by atoms with Gasteiger partial charge in [-0.15, -0.1) is 0 Å². The molecule has 0 aliphatic carbocycles. The number of hydrogen-bond donors (Lipinski definition) is 1. The molecule has 0 radical (unpaired) electrons. The second-order valence-electron chi connectivity index (χ2n) is 8.80. The van der Waals surface area contributed by atoms with Gasteiger partial charge in [0, 0.05) is 24.5 Å². The second kappa shape index (κ2) is 12.5.